The van der Waals surface area contributed by atoms with Crippen LogP contribution >= 0.6 is 0 Å². The zero-order valence-corrected chi connectivity index (χ0v) is 10.4. The Balaban J connectivity index is 2.13. The predicted molar refractivity (Wildman–Crippen MR) is 68.7 cm³/mol. The molecule has 1 atom stereocenters. The molecule has 1 rings (SSSR count). The number of nitrogens with zero attached hydrogens (tertiary/aromatic N) is 1. The van der Waals surface area contributed by atoms with Crippen molar-refractivity contribution in [3.05, 3.63) is 35.9 Å². The van der Waals surface area contributed by atoms with E-state index in [9.17, 15) is 0 Å². The van der Waals surface area contributed by atoms with Crippen LogP contribution in [0.25, 0.3) is 0 Å². The topological polar surface area (TPSA) is 45.0 Å². The maximum absolute atomic E-state index is 8.88. The lowest BCUT2D eigenvalue weighted by atomic mass is 10.2. The van der Waals surface area contributed by atoms with Gasteiger partial charge in [0.15, 0.2) is 0 Å². The van der Waals surface area contributed by atoms with Gasteiger partial charge in [0, 0.05) is 0 Å². The zero-order chi connectivity index (χ0) is 12.3. The number of benzene rings is 1. The summed E-state index contributed by atoms with van der Waals surface area (Å²) in [4.78, 5) is 0. The van der Waals surface area contributed by atoms with E-state index in [0.29, 0.717) is 13.2 Å². The van der Waals surface area contributed by atoms with Crippen LogP contribution in [-0.2, 0) is 11.2 Å². The summed E-state index contributed by atoms with van der Waals surface area (Å²) < 4.78 is 5.50. The molecule has 0 aromatic heterocycles. The van der Waals surface area contributed by atoms with Crippen molar-refractivity contribution in [2.24, 2.45) is 0 Å². The summed E-state index contributed by atoms with van der Waals surface area (Å²) >= 11 is 0. The minimum absolute atomic E-state index is 0.189. The highest BCUT2D eigenvalue weighted by Crippen LogP contribution is 1.99. The first-order valence-electron chi connectivity index (χ1n) is 6.11. The molecule has 1 aromatic rings. The average Bonchev–Trinajstić information content (AvgIpc) is 2.39. The number of nitrogens with one attached hydrogen (secondary N) is 1. The van der Waals surface area contributed by atoms with Gasteiger partial charge in [0.05, 0.1) is 19.3 Å². The molecule has 0 aliphatic carbocycles. The average molecular weight is 232 g/mol. The van der Waals surface area contributed by atoms with E-state index in [1.54, 1.807) is 0 Å². The molecule has 0 amide bonds. The second-order valence-electron chi connectivity index (χ2n) is 3.95. The van der Waals surface area contributed by atoms with Gasteiger partial charge < -0.3 is 10.1 Å². The molecule has 3 nitrogen and oxygen atoms in total. The fourth-order valence-corrected chi connectivity index (χ4v) is 1.50. The molecule has 0 heterocycles. The van der Waals surface area contributed by atoms with Crippen molar-refractivity contribution < 1.29 is 4.74 Å². The summed E-state index contributed by atoms with van der Waals surface area (Å²) in [6.07, 6.45) is 1.93. The van der Waals surface area contributed by atoms with Gasteiger partial charge in [-0.15, -0.1) is 0 Å². The largest absolute Gasteiger partial charge is 0.378 e. The summed E-state index contributed by atoms with van der Waals surface area (Å²) in [6, 6.07) is 12.2. The molecule has 0 aliphatic rings. The van der Waals surface area contributed by atoms with E-state index in [4.69, 9.17) is 10.00 Å². The number of hydrogen-bond donors (Lipinski definition) is 1. The van der Waals surface area contributed by atoms with Crippen molar-refractivity contribution in [1.29, 1.82) is 5.26 Å². The van der Waals surface area contributed by atoms with E-state index in [1.165, 1.54) is 5.56 Å². The van der Waals surface area contributed by atoms with Crippen molar-refractivity contribution in [2.45, 2.75) is 25.8 Å². The molecule has 1 N–H and O–H groups in total. The quantitative estimate of drug-likeness (QED) is 0.698. The summed E-state index contributed by atoms with van der Waals surface area (Å²) in [5.74, 6) is 0. The molecule has 3 heteroatoms. The molecular formula is C14H20N2O. The third-order valence-electron chi connectivity index (χ3n) is 2.46. The Morgan fingerprint density at radius 1 is 1.35 bits per heavy atom. The highest BCUT2D eigenvalue weighted by Gasteiger charge is 2.05. The van der Waals surface area contributed by atoms with Gasteiger partial charge in [0.1, 0.15) is 6.04 Å². The van der Waals surface area contributed by atoms with Gasteiger partial charge in [-0.1, -0.05) is 37.3 Å². The molecule has 0 bridgehead atoms. The van der Waals surface area contributed by atoms with Gasteiger partial charge in [0.2, 0.25) is 0 Å². The molecule has 0 fully saturated rings. The fourth-order valence-electron chi connectivity index (χ4n) is 1.50. The van der Waals surface area contributed by atoms with E-state index in [0.717, 1.165) is 19.4 Å². The molecular weight excluding hydrogens is 212 g/mol. The molecule has 1 aromatic carbocycles. The second kappa shape index (κ2) is 8.74. The number of hydrogen-bond acceptors (Lipinski definition) is 3. The van der Waals surface area contributed by atoms with Gasteiger partial charge in [-0.25, -0.2) is 0 Å². The molecule has 1 unspecified atom stereocenters. The molecule has 92 valence electrons. The third-order valence-corrected chi connectivity index (χ3v) is 2.46. The molecule has 17 heavy (non-hydrogen) atoms. The van der Waals surface area contributed by atoms with Crippen LogP contribution in [0.4, 0.5) is 0 Å². The van der Waals surface area contributed by atoms with Crippen molar-refractivity contribution >= 4 is 0 Å². The van der Waals surface area contributed by atoms with Crippen LogP contribution < -0.4 is 5.32 Å². The summed E-state index contributed by atoms with van der Waals surface area (Å²) in [6.45, 7) is 4.07. The third kappa shape index (κ3) is 6.06. The standard InChI is InChI=1S/C14H20N2O/c1-2-9-16-14(11-15)12-17-10-8-13-6-4-3-5-7-13/h3-7,14,16H,2,8-10,12H2,1H3. The monoisotopic (exact) mass is 232 g/mol. The summed E-state index contributed by atoms with van der Waals surface area (Å²) in [7, 11) is 0. The minimum atomic E-state index is -0.189. The first-order chi connectivity index (χ1) is 8.36. The van der Waals surface area contributed by atoms with Crippen LogP contribution in [0, 0.1) is 11.3 Å². The maximum Gasteiger partial charge on any atom is 0.119 e. The Morgan fingerprint density at radius 2 is 2.12 bits per heavy atom. The van der Waals surface area contributed by atoms with Crippen LogP contribution in [0.3, 0.4) is 0 Å². The Labute approximate surface area is 103 Å². The number of ether oxygens (including phenoxy) is 1. The van der Waals surface area contributed by atoms with Gasteiger partial charge in [0.25, 0.3) is 0 Å². The van der Waals surface area contributed by atoms with Gasteiger partial charge in [-0.2, -0.15) is 5.26 Å². The summed E-state index contributed by atoms with van der Waals surface area (Å²) in [5, 5.41) is 12.0. The lowest BCUT2D eigenvalue weighted by Crippen LogP contribution is -2.32. The number of rotatable bonds is 8. The molecule has 0 aliphatic heterocycles. The molecule has 0 saturated heterocycles. The second-order valence-corrected chi connectivity index (χ2v) is 3.95. The lowest BCUT2D eigenvalue weighted by molar-refractivity contribution is 0.126. The number of nitriles is 1. The lowest BCUT2D eigenvalue weighted by Gasteiger charge is -2.11. The highest BCUT2D eigenvalue weighted by molar-refractivity contribution is 5.14. The Bertz CT molecular complexity index is 332. The van der Waals surface area contributed by atoms with Gasteiger partial charge in [-0.3, -0.25) is 0 Å². The Hall–Kier alpha value is -1.37. The van der Waals surface area contributed by atoms with Gasteiger partial charge in [-0.05, 0) is 24.9 Å². The van der Waals surface area contributed by atoms with Crippen molar-refractivity contribution in [1.82, 2.24) is 5.32 Å². The predicted octanol–water partition coefficient (Wildman–Crippen LogP) is 2.14. The van der Waals surface area contributed by atoms with E-state index >= 15 is 0 Å². The minimum Gasteiger partial charge on any atom is -0.378 e. The molecule has 0 spiro atoms. The highest BCUT2D eigenvalue weighted by atomic mass is 16.5. The zero-order valence-electron chi connectivity index (χ0n) is 10.4. The summed E-state index contributed by atoms with van der Waals surface area (Å²) in [5.41, 5.74) is 1.27. The van der Waals surface area contributed by atoms with Crippen molar-refractivity contribution in [3.63, 3.8) is 0 Å². The van der Waals surface area contributed by atoms with Crippen LogP contribution in [0.1, 0.15) is 18.9 Å². The maximum atomic E-state index is 8.88. The van der Waals surface area contributed by atoms with Crippen molar-refractivity contribution in [3.8, 4) is 6.07 Å². The van der Waals surface area contributed by atoms with Crippen LogP contribution in [0.2, 0.25) is 0 Å². The van der Waals surface area contributed by atoms with Gasteiger partial charge >= 0.3 is 0 Å². The first kappa shape index (κ1) is 13.7. The first-order valence-corrected chi connectivity index (χ1v) is 6.11. The van der Waals surface area contributed by atoms with Crippen LogP contribution in [-0.4, -0.2) is 25.8 Å². The van der Waals surface area contributed by atoms with E-state index in [-0.39, 0.29) is 6.04 Å². The SMILES string of the molecule is CCCNC(C#N)COCCc1ccccc1. The van der Waals surface area contributed by atoms with Crippen LogP contribution in [0.15, 0.2) is 30.3 Å². The normalized spacial score (nSPS) is 12.0. The fraction of sp³-hybridized carbons (Fsp3) is 0.500. The van der Waals surface area contributed by atoms with Crippen molar-refractivity contribution in [2.75, 3.05) is 19.8 Å². The molecule has 0 saturated carbocycles. The van der Waals surface area contributed by atoms with E-state index < -0.39 is 0 Å². The Morgan fingerprint density at radius 3 is 2.76 bits per heavy atom. The molecule has 0 radical (unpaired) electrons. The van der Waals surface area contributed by atoms with E-state index in [1.807, 2.05) is 18.2 Å². The smallest absolute Gasteiger partial charge is 0.119 e. The Kier molecular flexibility index (Phi) is 7.04. The van der Waals surface area contributed by atoms with E-state index in [2.05, 4.69) is 30.4 Å². The van der Waals surface area contributed by atoms with Crippen LogP contribution in [0.5, 0.6) is 0 Å².